The number of rotatable bonds is 14. The molecule has 0 bridgehead atoms. The van der Waals surface area contributed by atoms with Gasteiger partial charge in [0.25, 0.3) is 0 Å². The van der Waals surface area contributed by atoms with Gasteiger partial charge in [-0.05, 0) is 74.9 Å². The molecule has 8 heteroatoms. The number of carbonyl (C=O) groups is 2. The molecule has 4 aromatic rings. The lowest BCUT2D eigenvalue weighted by Crippen LogP contribution is -2.26. The van der Waals surface area contributed by atoms with Crippen LogP contribution >= 0.6 is 0 Å². The predicted octanol–water partition coefficient (Wildman–Crippen LogP) is 9.05. The maximum absolute atomic E-state index is 12.4. The summed E-state index contributed by atoms with van der Waals surface area (Å²) in [6.45, 7) is 17.1. The Labute approximate surface area is 292 Å². The lowest BCUT2D eigenvalue weighted by molar-refractivity contribution is 0.154. The zero-order valence-corrected chi connectivity index (χ0v) is 29.8. The average Bonchev–Trinajstić information content (AvgIpc) is 3.05. The molecule has 260 valence electrons. The van der Waals surface area contributed by atoms with Gasteiger partial charge in [-0.3, -0.25) is 10.6 Å². The van der Waals surface area contributed by atoms with Gasteiger partial charge >= 0.3 is 12.2 Å². The van der Waals surface area contributed by atoms with Gasteiger partial charge in [-0.2, -0.15) is 0 Å². The monoisotopic (exact) mass is 664 g/mol. The first-order valence-electron chi connectivity index (χ1n) is 16.9. The Morgan fingerprint density at radius 2 is 0.776 bits per heavy atom. The molecule has 8 nitrogen and oxygen atoms in total. The maximum Gasteiger partial charge on any atom is 0.411 e. The molecule has 0 aliphatic rings. The Morgan fingerprint density at radius 1 is 0.469 bits per heavy atom. The minimum atomic E-state index is -0.497. The first-order valence-corrected chi connectivity index (χ1v) is 16.9. The van der Waals surface area contributed by atoms with Crippen molar-refractivity contribution >= 4 is 23.6 Å². The molecule has 0 aliphatic heterocycles. The minimum absolute atomic E-state index is 0.201. The Hall–Kier alpha value is -4.66. The van der Waals surface area contributed by atoms with Gasteiger partial charge in [-0.1, -0.05) is 114 Å². The molecule has 2 amide bonds. The van der Waals surface area contributed by atoms with E-state index in [-0.39, 0.29) is 24.0 Å². The number of nitrogens with one attached hydrogen (secondary N) is 4. The molecular formula is C41H52N4O4. The predicted molar refractivity (Wildman–Crippen MR) is 199 cm³/mol. The third-order valence-corrected chi connectivity index (χ3v) is 7.56. The largest absolute Gasteiger partial charge is 0.444 e. The van der Waals surface area contributed by atoms with Crippen LogP contribution in [0.25, 0.3) is 0 Å². The Balaban J connectivity index is 1.14. The van der Waals surface area contributed by atoms with Crippen LogP contribution in [0.1, 0.15) is 74.9 Å². The van der Waals surface area contributed by atoms with E-state index in [4.69, 9.17) is 9.47 Å². The fraction of sp³-hybridized carbons (Fsp3) is 0.366. The summed E-state index contributed by atoms with van der Waals surface area (Å²) in [6, 6.07) is 31.5. The van der Waals surface area contributed by atoms with E-state index < -0.39 is 12.2 Å². The zero-order chi connectivity index (χ0) is 35.3. The van der Waals surface area contributed by atoms with Gasteiger partial charge in [0.1, 0.15) is 13.2 Å². The smallest absolute Gasteiger partial charge is 0.411 e. The van der Waals surface area contributed by atoms with Crippen LogP contribution in [0.15, 0.2) is 97.1 Å². The summed E-state index contributed by atoms with van der Waals surface area (Å²) >= 11 is 0. The molecule has 0 aromatic heterocycles. The molecule has 0 spiro atoms. The van der Waals surface area contributed by atoms with Crippen LogP contribution in [0.2, 0.25) is 0 Å². The summed E-state index contributed by atoms with van der Waals surface area (Å²) in [4.78, 5) is 24.7. The van der Waals surface area contributed by atoms with Crippen LogP contribution in [0, 0.1) is 10.8 Å². The number of carbonyl (C=O) groups excluding carboxylic acids is 2. The highest BCUT2D eigenvalue weighted by molar-refractivity contribution is 5.85. The fourth-order valence-electron chi connectivity index (χ4n) is 4.92. The third-order valence-electron chi connectivity index (χ3n) is 7.56. The summed E-state index contributed by atoms with van der Waals surface area (Å²) in [6.07, 6.45) is -0.288. The molecule has 0 saturated heterocycles. The molecule has 0 aliphatic carbocycles. The van der Waals surface area contributed by atoms with Gasteiger partial charge in [0.2, 0.25) is 0 Å². The van der Waals surface area contributed by atoms with Gasteiger partial charge in [-0.25, -0.2) is 9.59 Å². The van der Waals surface area contributed by atoms with Crippen molar-refractivity contribution in [1.82, 2.24) is 10.6 Å². The van der Waals surface area contributed by atoms with Crippen LogP contribution in [-0.2, 0) is 42.2 Å². The first-order chi connectivity index (χ1) is 23.3. The molecule has 0 radical (unpaired) electrons. The highest BCUT2D eigenvalue weighted by Gasteiger charge is 2.11. The molecule has 49 heavy (non-hydrogen) atoms. The summed E-state index contributed by atoms with van der Waals surface area (Å²) < 4.78 is 10.8. The SMILES string of the molecule is CC(C)(C)CNCc1ccc(COC(=O)Nc2ccc(Cc3ccc(NC(=O)OCc4ccc(CNCC(C)(C)C)cc4)cc3)cc2)cc1. The molecule has 4 aromatic carbocycles. The summed E-state index contributed by atoms with van der Waals surface area (Å²) in [5, 5.41) is 12.5. The van der Waals surface area contributed by atoms with E-state index in [1.807, 2.05) is 72.8 Å². The lowest BCUT2D eigenvalue weighted by atomic mass is 9.97. The average molecular weight is 665 g/mol. The highest BCUT2D eigenvalue weighted by Crippen LogP contribution is 2.18. The van der Waals surface area contributed by atoms with Crippen LogP contribution in [0.4, 0.5) is 21.0 Å². The molecular weight excluding hydrogens is 612 g/mol. The topological polar surface area (TPSA) is 101 Å². The summed E-state index contributed by atoms with van der Waals surface area (Å²) in [7, 11) is 0. The Kier molecular flexibility index (Phi) is 13.4. The van der Waals surface area contributed by atoms with Crippen LogP contribution < -0.4 is 21.3 Å². The molecule has 0 saturated carbocycles. The zero-order valence-electron chi connectivity index (χ0n) is 29.8. The quantitative estimate of drug-likeness (QED) is 0.107. The number of amides is 2. The van der Waals surface area contributed by atoms with Crippen molar-refractivity contribution in [3.8, 4) is 0 Å². The van der Waals surface area contributed by atoms with E-state index in [0.29, 0.717) is 17.8 Å². The fourth-order valence-corrected chi connectivity index (χ4v) is 4.92. The normalized spacial score (nSPS) is 11.6. The van der Waals surface area contributed by atoms with Crippen LogP contribution in [-0.4, -0.2) is 25.3 Å². The third kappa shape index (κ3) is 14.6. The van der Waals surface area contributed by atoms with Gasteiger partial charge in [0.05, 0.1) is 0 Å². The van der Waals surface area contributed by atoms with Crippen molar-refractivity contribution in [3.05, 3.63) is 130 Å². The molecule has 0 unspecified atom stereocenters. The van der Waals surface area contributed by atoms with E-state index in [9.17, 15) is 9.59 Å². The number of benzene rings is 4. The van der Waals surface area contributed by atoms with Crippen molar-refractivity contribution in [2.24, 2.45) is 10.8 Å². The van der Waals surface area contributed by atoms with Crippen LogP contribution in [0.3, 0.4) is 0 Å². The molecule has 0 fully saturated rings. The van der Waals surface area contributed by atoms with Gasteiger partial charge in [0, 0.05) is 37.6 Å². The standard InChI is InChI=1S/C41H52N4O4/c1-40(2,3)28-42-24-32-7-11-34(12-8-32)26-48-38(46)44-36-19-15-30(16-20-36)23-31-17-21-37(22-18-31)45-39(47)49-27-35-13-9-33(10-14-35)25-43-29-41(4,5)6/h7-22,42-43H,23-29H2,1-6H3,(H,44,46)(H,45,47). The van der Waals surface area contributed by atoms with E-state index in [1.165, 1.54) is 11.1 Å². The molecule has 0 atom stereocenters. The van der Waals surface area contributed by atoms with E-state index in [2.05, 4.69) is 87.1 Å². The second kappa shape index (κ2) is 17.7. The Bertz CT molecular complexity index is 1480. The van der Waals surface area contributed by atoms with Gasteiger partial charge < -0.3 is 20.1 Å². The first kappa shape index (κ1) is 37.2. The molecule has 4 N–H and O–H groups in total. The summed E-state index contributed by atoms with van der Waals surface area (Å²) in [5.41, 5.74) is 8.24. The van der Waals surface area contributed by atoms with E-state index >= 15 is 0 Å². The number of hydrogen-bond donors (Lipinski definition) is 4. The van der Waals surface area contributed by atoms with E-state index in [0.717, 1.165) is 48.4 Å². The second-order valence-corrected chi connectivity index (χ2v) is 14.9. The van der Waals surface area contributed by atoms with Gasteiger partial charge in [0.15, 0.2) is 0 Å². The van der Waals surface area contributed by atoms with Crippen molar-refractivity contribution in [2.45, 2.75) is 74.3 Å². The maximum atomic E-state index is 12.4. The number of anilines is 2. The molecule has 0 heterocycles. The minimum Gasteiger partial charge on any atom is -0.444 e. The van der Waals surface area contributed by atoms with Crippen LogP contribution in [0.5, 0.6) is 0 Å². The Morgan fingerprint density at radius 3 is 1.10 bits per heavy atom. The van der Waals surface area contributed by atoms with Crippen molar-refractivity contribution in [1.29, 1.82) is 0 Å². The van der Waals surface area contributed by atoms with Crippen molar-refractivity contribution < 1.29 is 19.1 Å². The van der Waals surface area contributed by atoms with Gasteiger partial charge in [-0.15, -0.1) is 0 Å². The molecule has 4 rings (SSSR count). The lowest BCUT2D eigenvalue weighted by Gasteiger charge is -2.18. The van der Waals surface area contributed by atoms with Crippen molar-refractivity contribution in [2.75, 3.05) is 23.7 Å². The number of ether oxygens (including phenoxy) is 2. The number of hydrogen-bond acceptors (Lipinski definition) is 6. The van der Waals surface area contributed by atoms with Crippen molar-refractivity contribution in [3.63, 3.8) is 0 Å². The second-order valence-electron chi connectivity index (χ2n) is 14.9. The summed E-state index contributed by atoms with van der Waals surface area (Å²) in [5.74, 6) is 0. The van der Waals surface area contributed by atoms with E-state index in [1.54, 1.807) is 0 Å². The highest BCUT2D eigenvalue weighted by atomic mass is 16.6.